The van der Waals surface area contributed by atoms with Crippen LogP contribution in [0.15, 0.2) is 71.4 Å². The highest BCUT2D eigenvalue weighted by Crippen LogP contribution is 2.24. The molecular weight excluding hydrogens is 360 g/mol. The molecule has 1 N–H and O–H groups in total. The number of pyridine rings is 1. The van der Waals surface area contributed by atoms with Crippen molar-refractivity contribution >= 4 is 28.1 Å². The highest BCUT2D eigenvalue weighted by atomic mass is 32.1. The molecule has 7 heteroatoms. The highest BCUT2D eigenvalue weighted by molar-refractivity contribution is 7.13. The standard InChI is InChI=1S/C20H16N4O2S/c25-19(12-24-13-23-17-5-2-1-4-16(17)20(24)26)22-10-14-8-15(11-21-9-14)18-6-3-7-27-18/h1-9,11,13H,10,12H2,(H,22,25). The third-order valence-corrected chi connectivity index (χ3v) is 5.05. The van der Waals surface area contributed by atoms with Crippen LogP contribution in [0.1, 0.15) is 5.56 Å². The summed E-state index contributed by atoms with van der Waals surface area (Å²) in [4.78, 5) is 34.3. The first-order valence-corrected chi connectivity index (χ1v) is 9.27. The number of hydrogen-bond donors (Lipinski definition) is 1. The molecule has 0 saturated heterocycles. The maximum atomic E-state index is 12.4. The summed E-state index contributed by atoms with van der Waals surface area (Å²) in [5, 5.41) is 5.35. The number of para-hydroxylation sites is 1. The van der Waals surface area contributed by atoms with Crippen LogP contribution in [0.25, 0.3) is 21.3 Å². The Labute approximate surface area is 159 Å². The number of aromatic nitrogens is 3. The van der Waals surface area contributed by atoms with Gasteiger partial charge in [0.05, 0.1) is 17.2 Å². The van der Waals surface area contributed by atoms with Crippen LogP contribution in [0.5, 0.6) is 0 Å². The molecule has 0 aliphatic rings. The van der Waals surface area contributed by atoms with Crippen molar-refractivity contribution < 1.29 is 4.79 Å². The monoisotopic (exact) mass is 376 g/mol. The van der Waals surface area contributed by atoms with Crippen molar-refractivity contribution in [2.24, 2.45) is 0 Å². The van der Waals surface area contributed by atoms with Crippen molar-refractivity contribution in [1.29, 1.82) is 0 Å². The average molecular weight is 376 g/mol. The molecule has 3 aromatic heterocycles. The Morgan fingerprint density at radius 1 is 1.15 bits per heavy atom. The minimum atomic E-state index is -0.254. The molecule has 0 aliphatic heterocycles. The zero-order valence-electron chi connectivity index (χ0n) is 14.3. The first kappa shape index (κ1) is 17.1. The minimum Gasteiger partial charge on any atom is -0.350 e. The molecule has 27 heavy (non-hydrogen) atoms. The predicted molar refractivity (Wildman–Crippen MR) is 105 cm³/mol. The fraction of sp³-hybridized carbons (Fsp3) is 0.100. The SMILES string of the molecule is O=C(Cn1cnc2ccccc2c1=O)NCc1cncc(-c2cccs2)c1. The van der Waals surface area contributed by atoms with E-state index in [1.54, 1.807) is 41.9 Å². The van der Waals surface area contributed by atoms with Gasteiger partial charge in [0.15, 0.2) is 0 Å². The lowest BCUT2D eigenvalue weighted by Gasteiger charge is -2.08. The van der Waals surface area contributed by atoms with E-state index in [1.807, 2.05) is 29.6 Å². The van der Waals surface area contributed by atoms with Gasteiger partial charge in [0.2, 0.25) is 5.91 Å². The summed E-state index contributed by atoms with van der Waals surface area (Å²) in [5.41, 5.74) is 2.32. The zero-order chi connectivity index (χ0) is 18.6. The summed E-state index contributed by atoms with van der Waals surface area (Å²) in [6, 6.07) is 13.1. The van der Waals surface area contributed by atoms with Crippen LogP contribution < -0.4 is 10.9 Å². The lowest BCUT2D eigenvalue weighted by Crippen LogP contribution is -2.32. The molecule has 3 heterocycles. The van der Waals surface area contributed by atoms with Crippen molar-refractivity contribution in [2.75, 3.05) is 0 Å². The number of fused-ring (bicyclic) bond motifs is 1. The highest BCUT2D eigenvalue weighted by Gasteiger charge is 2.08. The Balaban J connectivity index is 1.44. The van der Waals surface area contributed by atoms with Gasteiger partial charge in [-0.25, -0.2) is 4.98 Å². The summed E-state index contributed by atoms with van der Waals surface area (Å²) in [6.45, 7) is 0.273. The molecule has 0 bridgehead atoms. The average Bonchev–Trinajstić information content (AvgIpc) is 3.24. The number of rotatable bonds is 5. The second-order valence-electron chi connectivity index (χ2n) is 6.03. The Hall–Kier alpha value is -3.32. The normalized spacial score (nSPS) is 10.8. The molecule has 0 radical (unpaired) electrons. The van der Waals surface area contributed by atoms with Gasteiger partial charge in [-0.3, -0.25) is 19.1 Å². The van der Waals surface area contributed by atoms with Crippen LogP contribution >= 0.6 is 11.3 Å². The van der Waals surface area contributed by atoms with Gasteiger partial charge in [-0.2, -0.15) is 0 Å². The number of carbonyl (C=O) groups excluding carboxylic acids is 1. The van der Waals surface area contributed by atoms with E-state index in [1.165, 1.54) is 10.9 Å². The molecule has 6 nitrogen and oxygen atoms in total. The summed E-state index contributed by atoms with van der Waals surface area (Å²) >= 11 is 1.64. The van der Waals surface area contributed by atoms with Crippen molar-refractivity contribution in [3.05, 3.63) is 82.5 Å². The lowest BCUT2D eigenvalue weighted by atomic mass is 10.2. The Morgan fingerprint density at radius 3 is 2.89 bits per heavy atom. The van der Waals surface area contributed by atoms with E-state index in [0.29, 0.717) is 17.4 Å². The second-order valence-corrected chi connectivity index (χ2v) is 6.98. The van der Waals surface area contributed by atoms with E-state index < -0.39 is 0 Å². The van der Waals surface area contributed by atoms with E-state index in [9.17, 15) is 9.59 Å². The summed E-state index contributed by atoms with van der Waals surface area (Å²) in [7, 11) is 0. The largest absolute Gasteiger partial charge is 0.350 e. The topological polar surface area (TPSA) is 76.9 Å². The molecule has 0 unspecified atom stereocenters. The van der Waals surface area contributed by atoms with Gasteiger partial charge in [0, 0.05) is 29.4 Å². The molecule has 4 rings (SSSR count). The van der Waals surface area contributed by atoms with Gasteiger partial charge in [0.1, 0.15) is 6.54 Å². The molecule has 4 aromatic rings. The molecule has 134 valence electrons. The Bertz CT molecular complexity index is 1150. The molecule has 0 spiro atoms. The molecule has 0 atom stereocenters. The maximum absolute atomic E-state index is 12.4. The van der Waals surface area contributed by atoms with Gasteiger partial charge in [-0.15, -0.1) is 11.3 Å². The number of nitrogens with one attached hydrogen (secondary N) is 1. The molecule has 0 fully saturated rings. The molecule has 0 saturated carbocycles. The van der Waals surface area contributed by atoms with Crippen LogP contribution in [-0.4, -0.2) is 20.4 Å². The number of thiophene rings is 1. The molecular formula is C20H16N4O2S. The number of carbonyl (C=O) groups is 1. The number of benzene rings is 1. The van der Waals surface area contributed by atoms with Gasteiger partial charge in [0.25, 0.3) is 5.56 Å². The van der Waals surface area contributed by atoms with E-state index >= 15 is 0 Å². The summed E-state index contributed by atoms with van der Waals surface area (Å²) in [5.74, 6) is -0.254. The van der Waals surface area contributed by atoms with Gasteiger partial charge < -0.3 is 5.32 Å². The third kappa shape index (κ3) is 3.78. The first-order chi connectivity index (χ1) is 13.2. The Morgan fingerprint density at radius 2 is 2.04 bits per heavy atom. The Kier molecular flexibility index (Phi) is 4.76. The quantitative estimate of drug-likeness (QED) is 0.581. The predicted octanol–water partition coefficient (Wildman–Crippen LogP) is 2.84. The molecule has 0 aliphatic carbocycles. The van der Waals surface area contributed by atoms with Crippen LogP contribution in [0.2, 0.25) is 0 Å². The third-order valence-electron chi connectivity index (χ3n) is 4.14. The van der Waals surface area contributed by atoms with E-state index in [-0.39, 0.29) is 18.0 Å². The number of hydrogen-bond acceptors (Lipinski definition) is 5. The minimum absolute atomic E-state index is 0.0747. The van der Waals surface area contributed by atoms with Gasteiger partial charge in [-0.1, -0.05) is 18.2 Å². The van der Waals surface area contributed by atoms with Gasteiger partial charge >= 0.3 is 0 Å². The fourth-order valence-corrected chi connectivity index (χ4v) is 3.50. The first-order valence-electron chi connectivity index (χ1n) is 8.39. The van der Waals surface area contributed by atoms with Crippen molar-refractivity contribution in [3.63, 3.8) is 0 Å². The van der Waals surface area contributed by atoms with E-state index in [4.69, 9.17) is 0 Å². The van der Waals surface area contributed by atoms with Crippen LogP contribution in [0.3, 0.4) is 0 Å². The van der Waals surface area contributed by atoms with Crippen molar-refractivity contribution in [3.8, 4) is 10.4 Å². The smallest absolute Gasteiger partial charge is 0.261 e. The molecule has 1 amide bonds. The second kappa shape index (κ2) is 7.51. The molecule has 1 aromatic carbocycles. The van der Waals surface area contributed by atoms with E-state index in [0.717, 1.165) is 16.0 Å². The van der Waals surface area contributed by atoms with E-state index in [2.05, 4.69) is 15.3 Å². The zero-order valence-corrected chi connectivity index (χ0v) is 15.1. The number of nitrogens with zero attached hydrogens (tertiary/aromatic N) is 3. The fourth-order valence-electron chi connectivity index (χ4n) is 2.79. The summed E-state index contributed by atoms with van der Waals surface area (Å²) in [6.07, 6.45) is 4.93. The van der Waals surface area contributed by atoms with Crippen LogP contribution in [-0.2, 0) is 17.9 Å². The summed E-state index contributed by atoms with van der Waals surface area (Å²) < 4.78 is 1.32. The van der Waals surface area contributed by atoms with Crippen LogP contribution in [0, 0.1) is 0 Å². The van der Waals surface area contributed by atoms with Crippen molar-refractivity contribution in [1.82, 2.24) is 19.9 Å². The van der Waals surface area contributed by atoms with Crippen LogP contribution in [0.4, 0.5) is 0 Å². The van der Waals surface area contributed by atoms with Gasteiger partial charge in [-0.05, 0) is 35.2 Å². The maximum Gasteiger partial charge on any atom is 0.261 e. The lowest BCUT2D eigenvalue weighted by molar-refractivity contribution is -0.121. The number of amides is 1. The van der Waals surface area contributed by atoms with Crippen molar-refractivity contribution in [2.45, 2.75) is 13.1 Å².